The van der Waals surface area contributed by atoms with Crippen molar-refractivity contribution < 1.29 is 9.72 Å². The zero-order valence-electron chi connectivity index (χ0n) is 12.9. The summed E-state index contributed by atoms with van der Waals surface area (Å²) in [5, 5.41) is 13.8. The van der Waals surface area contributed by atoms with Crippen molar-refractivity contribution in [3.05, 3.63) is 33.9 Å². The smallest absolute Gasteiger partial charge is 0.293 e. The highest BCUT2D eigenvalue weighted by Gasteiger charge is 2.22. The molecule has 1 rings (SSSR count). The highest BCUT2D eigenvalue weighted by molar-refractivity contribution is 6.01. The Kier molecular flexibility index (Phi) is 6.10. The second-order valence-corrected chi connectivity index (χ2v) is 5.09. The van der Waals surface area contributed by atoms with Crippen LogP contribution in [0.5, 0.6) is 0 Å². The number of para-hydroxylation sites is 1. The molecule has 1 amide bonds. The summed E-state index contributed by atoms with van der Waals surface area (Å²) in [4.78, 5) is 26.6. The van der Waals surface area contributed by atoms with E-state index < -0.39 is 4.92 Å². The van der Waals surface area contributed by atoms with E-state index in [1.54, 1.807) is 25.1 Å². The molecule has 0 aliphatic carbocycles. The first-order chi connectivity index (χ1) is 9.88. The molecule has 1 aromatic rings. The number of nitro groups is 1. The fraction of sp³-hybridized carbons (Fsp3) is 0.500. The molecule has 0 aliphatic rings. The highest BCUT2D eigenvalue weighted by Crippen LogP contribution is 2.28. The van der Waals surface area contributed by atoms with Crippen LogP contribution in [0, 0.1) is 10.1 Å². The number of nitro benzene ring substituents is 1. The van der Waals surface area contributed by atoms with Crippen LogP contribution in [0.1, 0.15) is 16.8 Å². The number of amides is 1. The van der Waals surface area contributed by atoms with Crippen LogP contribution in [0.4, 0.5) is 11.4 Å². The lowest BCUT2D eigenvalue weighted by Gasteiger charge is -2.20. The monoisotopic (exact) mass is 294 g/mol. The Bertz CT molecular complexity index is 517. The number of carbonyl (C=O) groups is 1. The van der Waals surface area contributed by atoms with E-state index in [-0.39, 0.29) is 17.3 Å². The predicted octanol–water partition coefficient (Wildman–Crippen LogP) is 1.66. The van der Waals surface area contributed by atoms with E-state index >= 15 is 0 Å². The molecule has 21 heavy (non-hydrogen) atoms. The van der Waals surface area contributed by atoms with Crippen molar-refractivity contribution in [1.82, 2.24) is 9.80 Å². The van der Waals surface area contributed by atoms with E-state index in [4.69, 9.17) is 0 Å². The van der Waals surface area contributed by atoms with Gasteiger partial charge in [0, 0.05) is 26.7 Å². The Morgan fingerprint density at radius 3 is 2.48 bits per heavy atom. The van der Waals surface area contributed by atoms with E-state index in [0.717, 1.165) is 13.0 Å². The molecule has 7 nitrogen and oxygen atoms in total. The minimum absolute atomic E-state index is 0.0926. The maximum atomic E-state index is 12.4. The van der Waals surface area contributed by atoms with Crippen LogP contribution in [0.3, 0.4) is 0 Å². The number of carbonyl (C=O) groups excluding carboxylic acids is 1. The van der Waals surface area contributed by atoms with Gasteiger partial charge in [-0.1, -0.05) is 6.07 Å². The van der Waals surface area contributed by atoms with Crippen LogP contribution in [-0.4, -0.2) is 61.9 Å². The first-order valence-corrected chi connectivity index (χ1v) is 6.73. The standard InChI is InChI=1S/C14H22N4O3/c1-15-13-11(7-5-8-12(13)18(20)21)14(19)17(4)10-6-9-16(2)3/h5,7-8,15H,6,9-10H2,1-4H3. The highest BCUT2D eigenvalue weighted by atomic mass is 16.6. The summed E-state index contributed by atoms with van der Waals surface area (Å²) < 4.78 is 0. The first kappa shape index (κ1) is 16.9. The van der Waals surface area contributed by atoms with Gasteiger partial charge in [0.2, 0.25) is 0 Å². The summed E-state index contributed by atoms with van der Waals surface area (Å²) in [5.41, 5.74) is 0.482. The van der Waals surface area contributed by atoms with E-state index in [1.165, 1.54) is 12.1 Å². The zero-order valence-corrected chi connectivity index (χ0v) is 12.9. The second kappa shape index (κ2) is 7.58. The molecule has 0 aliphatic heterocycles. The Hall–Kier alpha value is -2.15. The number of benzene rings is 1. The van der Waals surface area contributed by atoms with Gasteiger partial charge in [-0.3, -0.25) is 14.9 Å². The zero-order chi connectivity index (χ0) is 16.0. The van der Waals surface area contributed by atoms with Gasteiger partial charge in [-0.05, 0) is 33.1 Å². The third kappa shape index (κ3) is 4.42. The Morgan fingerprint density at radius 1 is 1.29 bits per heavy atom. The third-order valence-electron chi connectivity index (χ3n) is 3.17. The predicted molar refractivity (Wildman–Crippen MR) is 82.8 cm³/mol. The lowest BCUT2D eigenvalue weighted by molar-refractivity contribution is -0.384. The van der Waals surface area contributed by atoms with Crippen LogP contribution in [0.2, 0.25) is 0 Å². The molecule has 0 unspecified atom stereocenters. The molecule has 0 saturated heterocycles. The molecule has 0 atom stereocenters. The average Bonchev–Trinajstić information content (AvgIpc) is 2.44. The number of rotatable bonds is 7. The number of hydrogen-bond acceptors (Lipinski definition) is 5. The lowest BCUT2D eigenvalue weighted by Crippen LogP contribution is -2.30. The molecular weight excluding hydrogens is 272 g/mol. The SMILES string of the molecule is CNc1c(C(=O)N(C)CCCN(C)C)cccc1[N+](=O)[O-]. The minimum atomic E-state index is -0.491. The van der Waals surface area contributed by atoms with Gasteiger partial charge in [-0.15, -0.1) is 0 Å². The summed E-state index contributed by atoms with van der Waals surface area (Å²) in [6.45, 7) is 1.48. The third-order valence-corrected chi connectivity index (χ3v) is 3.17. The van der Waals surface area contributed by atoms with Crippen molar-refractivity contribution >= 4 is 17.3 Å². The van der Waals surface area contributed by atoms with E-state index in [0.29, 0.717) is 12.1 Å². The molecule has 1 N–H and O–H groups in total. The second-order valence-electron chi connectivity index (χ2n) is 5.09. The van der Waals surface area contributed by atoms with Crippen LogP contribution < -0.4 is 5.32 Å². The van der Waals surface area contributed by atoms with Gasteiger partial charge in [-0.25, -0.2) is 0 Å². The van der Waals surface area contributed by atoms with Gasteiger partial charge in [0.25, 0.3) is 11.6 Å². The summed E-state index contributed by atoms with van der Waals surface area (Å²) in [5.74, 6) is -0.221. The van der Waals surface area contributed by atoms with Gasteiger partial charge in [0.05, 0.1) is 10.5 Å². The van der Waals surface area contributed by atoms with E-state index in [9.17, 15) is 14.9 Å². The molecule has 116 valence electrons. The van der Waals surface area contributed by atoms with Crippen molar-refractivity contribution in [2.45, 2.75) is 6.42 Å². The molecular formula is C14H22N4O3. The lowest BCUT2D eigenvalue weighted by atomic mass is 10.1. The summed E-state index contributed by atoms with van der Waals surface area (Å²) in [6, 6.07) is 4.51. The summed E-state index contributed by atoms with van der Waals surface area (Å²) in [6.07, 6.45) is 0.846. The Labute approximate surface area is 124 Å². The number of hydrogen-bond donors (Lipinski definition) is 1. The van der Waals surface area contributed by atoms with Crippen LogP contribution in [0.15, 0.2) is 18.2 Å². The van der Waals surface area contributed by atoms with Gasteiger partial charge < -0.3 is 15.1 Å². The summed E-state index contributed by atoms with van der Waals surface area (Å²) in [7, 11) is 7.23. The minimum Gasteiger partial charge on any atom is -0.382 e. The molecule has 0 fully saturated rings. The number of anilines is 1. The molecule has 0 radical (unpaired) electrons. The maximum Gasteiger partial charge on any atom is 0.293 e. The molecule has 0 aromatic heterocycles. The van der Waals surface area contributed by atoms with Crippen molar-refractivity contribution in [3.8, 4) is 0 Å². The van der Waals surface area contributed by atoms with E-state index in [2.05, 4.69) is 5.32 Å². The average molecular weight is 294 g/mol. The van der Waals surface area contributed by atoms with Crippen LogP contribution in [0.25, 0.3) is 0 Å². The normalized spacial score (nSPS) is 10.5. The Morgan fingerprint density at radius 2 is 1.95 bits per heavy atom. The molecule has 0 spiro atoms. The first-order valence-electron chi connectivity index (χ1n) is 6.73. The topological polar surface area (TPSA) is 78.7 Å². The van der Waals surface area contributed by atoms with Crippen molar-refractivity contribution in [2.75, 3.05) is 46.6 Å². The van der Waals surface area contributed by atoms with Crippen molar-refractivity contribution in [3.63, 3.8) is 0 Å². The van der Waals surface area contributed by atoms with Gasteiger partial charge in [-0.2, -0.15) is 0 Å². The van der Waals surface area contributed by atoms with Crippen LogP contribution in [-0.2, 0) is 0 Å². The molecule has 1 aromatic carbocycles. The molecule has 7 heteroatoms. The van der Waals surface area contributed by atoms with Gasteiger partial charge in [0.15, 0.2) is 0 Å². The van der Waals surface area contributed by atoms with Gasteiger partial charge in [0.1, 0.15) is 5.69 Å². The molecule has 0 saturated carbocycles. The quantitative estimate of drug-likeness (QED) is 0.611. The number of nitrogens with one attached hydrogen (secondary N) is 1. The van der Waals surface area contributed by atoms with E-state index in [1.807, 2.05) is 19.0 Å². The number of nitrogens with zero attached hydrogens (tertiary/aromatic N) is 3. The Balaban J connectivity index is 2.91. The molecule has 0 heterocycles. The van der Waals surface area contributed by atoms with Gasteiger partial charge >= 0.3 is 0 Å². The largest absolute Gasteiger partial charge is 0.382 e. The maximum absolute atomic E-state index is 12.4. The fourth-order valence-corrected chi connectivity index (χ4v) is 2.06. The summed E-state index contributed by atoms with van der Waals surface area (Å²) >= 11 is 0. The fourth-order valence-electron chi connectivity index (χ4n) is 2.06. The molecule has 0 bridgehead atoms. The van der Waals surface area contributed by atoms with Crippen molar-refractivity contribution in [2.24, 2.45) is 0 Å². The van der Waals surface area contributed by atoms with Crippen molar-refractivity contribution in [1.29, 1.82) is 0 Å². The van der Waals surface area contributed by atoms with Crippen LogP contribution >= 0.6 is 0 Å².